The fourth-order valence-electron chi connectivity index (χ4n) is 5.99. The van der Waals surface area contributed by atoms with Crippen LogP contribution >= 0.6 is 0 Å². The van der Waals surface area contributed by atoms with Crippen molar-refractivity contribution in [2.24, 2.45) is 0 Å². The Bertz CT molecular complexity index is 2130. The summed E-state index contributed by atoms with van der Waals surface area (Å²) >= 11 is 0. The first kappa shape index (κ1) is 28.6. The first-order valence-electron chi connectivity index (χ1n) is 15.3. The highest BCUT2D eigenvalue weighted by atomic mass is 16.5. The molecule has 0 aliphatic carbocycles. The van der Waals surface area contributed by atoms with Crippen molar-refractivity contribution in [1.29, 1.82) is 5.26 Å². The number of ether oxygens (including phenoxy) is 1. The molecule has 1 atom stereocenters. The monoisotopic (exact) mass is 593 g/mol. The average Bonchev–Trinajstić information content (AvgIpc) is 3.56. The van der Waals surface area contributed by atoms with Crippen LogP contribution in [-0.4, -0.2) is 4.98 Å². The molecule has 0 bridgehead atoms. The number of hydrogen-bond donors (Lipinski definition) is 1. The van der Waals surface area contributed by atoms with E-state index in [1.807, 2.05) is 60.7 Å². The molecule has 1 N–H and O–H groups in total. The number of nitrogens with zero attached hydrogens (tertiary/aromatic N) is 2. The van der Waals surface area contributed by atoms with Gasteiger partial charge in [0.15, 0.2) is 6.23 Å². The molecule has 0 spiro atoms. The molecule has 1 unspecified atom stereocenters. The molecule has 0 saturated carbocycles. The van der Waals surface area contributed by atoms with Crippen LogP contribution in [0.4, 0.5) is 5.69 Å². The molecule has 1 aliphatic heterocycles. The van der Waals surface area contributed by atoms with Gasteiger partial charge in [0.25, 0.3) is 0 Å². The van der Waals surface area contributed by atoms with E-state index >= 15 is 0 Å². The van der Waals surface area contributed by atoms with Gasteiger partial charge in [0, 0.05) is 23.9 Å². The molecule has 0 amide bonds. The first-order valence-corrected chi connectivity index (χ1v) is 15.3. The Morgan fingerprint density at radius 2 is 1.57 bits per heavy atom. The molecule has 0 saturated heterocycles. The van der Waals surface area contributed by atoms with Gasteiger partial charge in [-0.2, -0.15) is 5.26 Å². The summed E-state index contributed by atoms with van der Waals surface area (Å²) in [7, 11) is 0. The molecule has 4 nitrogen and oxygen atoms in total. The normalized spacial score (nSPS) is 14.0. The predicted octanol–water partition coefficient (Wildman–Crippen LogP) is 10.3. The molecule has 0 fully saturated rings. The molecule has 5 aromatic carbocycles. The molecule has 4 heteroatoms. The lowest BCUT2D eigenvalue weighted by molar-refractivity contribution is 0.260. The maximum atomic E-state index is 10.00. The van der Waals surface area contributed by atoms with Crippen molar-refractivity contribution in [2.45, 2.75) is 12.6 Å². The SMILES string of the molecule is C=C/C=C(\C=C/Cc1ccccn1)c1cc(C#N)cc(-c2ccc(-c3ccc(C4Nc5ccccc5O4)cc3)c3ccccc23)c1. The number of rotatable bonds is 8. The van der Waals surface area contributed by atoms with E-state index < -0.39 is 0 Å². The van der Waals surface area contributed by atoms with Crippen molar-refractivity contribution in [3.63, 3.8) is 0 Å². The number of fused-ring (bicyclic) bond motifs is 2. The minimum atomic E-state index is -0.211. The third-order valence-electron chi connectivity index (χ3n) is 8.22. The van der Waals surface area contributed by atoms with E-state index in [9.17, 15) is 5.26 Å². The third kappa shape index (κ3) is 5.83. The van der Waals surface area contributed by atoms with Crippen LogP contribution in [0.1, 0.15) is 28.6 Å². The zero-order valence-electron chi connectivity index (χ0n) is 25.2. The van der Waals surface area contributed by atoms with Crippen LogP contribution in [0.25, 0.3) is 38.6 Å². The summed E-state index contributed by atoms with van der Waals surface area (Å²) in [5, 5.41) is 15.7. The van der Waals surface area contributed by atoms with Gasteiger partial charge in [-0.05, 0) is 86.6 Å². The zero-order valence-corrected chi connectivity index (χ0v) is 25.2. The second-order valence-electron chi connectivity index (χ2n) is 11.2. The topological polar surface area (TPSA) is 57.9 Å². The Hall–Kier alpha value is -6.18. The molecule has 220 valence electrons. The Balaban J connectivity index is 1.22. The van der Waals surface area contributed by atoms with E-state index in [1.54, 1.807) is 12.3 Å². The number of nitriles is 1. The Morgan fingerprint density at radius 1 is 0.826 bits per heavy atom. The molecule has 0 radical (unpaired) electrons. The van der Waals surface area contributed by atoms with Crippen molar-refractivity contribution >= 4 is 22.0 Å². The number of aromatic nitrogens is 1. The summed E-state index contributed by atoms with van der Waals surface area (Å²) < 4.78 is 6.13. The van der Waals surface area contributed by atoms with Gasteiger partial charge in [0.1, 0.15) is 5.75 Å². The summed E-state index contributed by atoms with van der Waals surface area (Å²) in [5.41, 5.74) is 9.96. The van der Waals surface area contributed by atoms with E-state index in [4.69, 9.17) is 4.74 Å². The van der Waals surface area contributed by atoms with Crippen LogP contribution < -0.4 is 10.1 Å². The van der Waals surface area contributed by atoms with Gasteiger partial charge in [-0.15, -0.1) is 0 Å². The number of hydrogen-bond acceptors (Lipinski definition) is 4. The summed E-state index contributed by atoms with van der Waals surface area (Å²) in [6, 6.07) is 43.7. The summed E-state index contributed by atoms with van der Waals surface area (Å²) in [6.07, 6.45) is 10.2. The molecule has 1 aromatic heterocycles. The lowest BCUT2D eigenvalue weighted by Crippen LogP contribution is -2.09. The van der Waals surface area contributed by atoms with Gasteiger partial charge in [-0.3, -0.25) is 4.98 Å². The number of allylic oxidation sites excluding steroid dienone is 5. The highest BCUT2D eigenvalue weighted by Crippen LogP contribution is 2.40. The van der Waals surface area contributed by atoms with Crippen LogP contribution in [0.5, 0.6) is 5.75 Å². The quantitative estimate of drug-likeness (QED) is 0.178. The van der Waals surface area contributed by atoms with Crippen LogP contribution in [0.15, 0.2) is 158 Å². The zero-order chi connectivity index (χ0) is 31.3. The molecular formula is C42H31N3O. The van der Waals surface area contributed by atoms with Crippen molar-refractivity contribution in [2.75, 3.05) is 5.32 Å². The van der Waals surface area contributed by atoms with Crippen molar-refractivity contribution < 1.29 is 4.74 Å². The lowest BCUT2D eigenvalue weighted by Gasteiger charge is -2.15. The van der Waals surface area contributed by atoms with Gasteiger partial charge in [0.2, 0.25) is 0 Å². The predicted molar refractivity (Wildman–Crippen MR) is 188 cm³/mol. The molecule has 1 aliphatic rings. The van der Waals surface area contributed by atoms with E-state index in [0.717, 1.165) is 66.9 Å². The summed E-state index contributed by atoms with van der Waals surface area (Å²) in [5.74, 6) is 0.870. The minimum absolute atomic E-state index is 0.211. The van der Waals surface area contributed by atoms with Crippen molar-refractivity contribution in [3.05, 3.63) is 181 Å². The number of anilines is 1. The second kappa shape index (κ2) is 12.8. The van der Waals surface area contributed by atoms with Crippen LogP contribution in [0.2, 0.25) is 0 Å². The number of benzene rings is 5. The van der Waals surface area contributed by atoms with Gasteiger partial charge in [0.05, 0.1) is 17.3 Å². The Kier molecular flexibility index (Phi) is 7.96. The maximum Gasteiger partial charge on any atom is 0.196 e. The smallest absolute Gasteiger partial charge is 0.196 e. The van der Waals surface area contributed by atoms with Crippen LogP contribution in [0, 0.1) is 11.3 Å². The van der Waals surface area contributed by atoms with E-state index in [0.29, 0.717) is 12.0 Å². The van der Waals surface area contributed by atoms with Crippen molar-refractivity contribution in [1.82, 2.24) is 4.98 Å². The van der Waals surface area contributed by atoms with Gasteiger partial charge >= 0.3 is 0 Å². The number of pyridine rings is 1. The first-order chi connectivity index (χ1) is 22.7. The highest BCUT2D eigenvalue weighted by Gasteiger charge is 2.22. The van der Waals surface area contributed by atoms with Gasteiger partial charge < -0.3 is 10.1 Å². The number of nitrogens with one attached hydrogen (secondary N) is 1. The Labute approximate surface area is 269 Å². The van der Waals surface area contributed by atoms with Crippen LogP contribution in [-0.2, 0) is 6.42 Å². The van der Waals surface area contributed by atoms with Crippen LogP contribution in [0.3, 0.4) is 0 Å². The molecule has 7 rings (SSSR count). The molecule has 46 heavy (non-hydrogen) atoms. The van der Waals surface area contributed by atoms with Gasteiger partial charge in [-0.1, -0.05) is 110 Å². The highest BCUT2D eigenvalue weighted by molar-refractivity contribution is 6.05. The fraction of sp³-hybridized carbons (Fsp3) is 0.0476. The minimum Gasteiger partial charge on any atom is -0.464 e. The molecule has 6 aromatic rings. The molecule has 2 heterocycles. The summed E-state index contributed by atoms with van der Waals surface area (Å²) in [4.78, 5) is 4.42. The van der Waals surface area contributed by atoms with Crippen molar-refractivity contribution in [3.8, 4) is 34.1 Å². The largest absolute Gasteiger partial charge is 0.464 e. The van der Waals surface area contributed by atoms with E-state index in [2.05, 4.69) is 102 Å². The summed E-state index contributed by atoms with van der Waals surface area (Å²) in [6.45, 7) is 3.93. The fourth-order valence-corrected chi connectivity index (χ4v) is 5.99. The Morgan fingerprint density at radius 3 is 2.28 bits per heavy atom. The average molecular weight is 594 g/mol. The second-order valence-corrected chi connectivity index (χ2v) is 11.2. The van der Waals surface area contributed by atoms with Gasteiger partial charge in [-0.25, -0.2) is 0 Å². The third-order valence-corrected chi connectivity index (χ3v) is 8.22. The van der Waals surface area contributed by atoms with E-state index in [1.165, 1.54) is 0 Å². The van der Waals surface area contributed by atoms with E-state index in [-0.39, 0.29) is 6.23 Å². The maximum absolute atomic E-state index is 10.00. The lowest BCUT2D eigenvalue weighted by atomic mass is 9.89. The molecular weight excluding hydrogens is 562 g/mol. The standard InChI is InChI=1S/C42H31N3O/c1-2-10-30(11-9-13-35-12-7-8-24-44-35)33-25-29(28-43)26-34(27-33)37-23-22-36(38-14-3-4-15-39(37)38)31-18-20-32(21-19-31)42-45-40-16-5-6-17-41(40)46-42/h2-12,14-27,42,45H,1,13H2/b11-9-,30-10+. The number of para-hydroxylation sites is 2.